The average Bonchev–Trinajstić information content (AvgIpc) is 2.21. The molecule has 0 fully saturated rings. The van der Waals surface area contributed by atoms with Crippen LogP contribution in [-0.4, -0.2) is 13.1 Å². The van der Waals surface area contributed by atoms with Crippen molar-refractivity contribution in [1.29, 1.82) is 0 Å². The van der Waals surface area contributed by atoms with Crippen LogP contribution in [0.4, 0.5) is 0 Å². The minimum absolute atomic E-state index is 0.179. The van der Waals surface area contributed by atoms with Gasteiger partial charge in [0.2, 0.25) is 0 Å². The molecule has 0 aliphatic rings. The van der Waals surface area contributed by atoms with Crippen LogP contribution in [0.15, 0.2) is 35.3 Å². The first-order valence-electron chi connectivity index (χ1n) is 4.99. The number of hydrogen-bond donors (Lipinski definition) is 2. The lowest BCUT2D eigenvalue weighted by Crippen LogP contribution is -2.28. The van der Waals surface area contributed by atoms with Crippen LogP contribution < -0.4 is 11.1 Å². The minimum atomic E-state index is 0.179. The largest absolute Gasteiger partial charge is 0.329 e. The Morgan fingerprint density at radius 3 is 2.87 bits per heavy atom. The fourth-order valence-electron chi connectivity index (χ4n) is 1.46. The van der Waals surface area contributed by atoms with Gasteiger partial charge < -0.3 is 11.1 Å². The molecule has 1 unspecified atom stereocenters. The van der Waals surface area contributed by atoms with Gasteiger partial charge in [-0.3, -0.25) is 0 Å². The van der Waals surface area contributed by atoms with Gasteiger partial charge in [-0.25, -0.2) is 0 Å². The van der Waals surface area contributed by atoms with Crippen LogP contribution in [-0.2, 0) is 0 Å². The van der Waals surface area contributed by atoms with Crippen molar-refractivity contribution in [1.82, 2.24) is 5.32 Å². The zero-order valence-corrected chi connectivity index (χ0v) is 10.5. The highest BCUT2D eigenvalue weighted by Gasteiger charge is 2.11. The van der Waals surface area contributed by atoms with Gasteiger partial charge in [-0.1, -0.05) is 34.1 Å². The highest BCUT2D eigenvalue weighted by molar-refractivity contribution is 9.10. The van der Waals surface area contributed by atoms with Crippen LogP contribution >= 0.6 is 15.9 Å². The Morgan fingerprint density at radius 2 is 2.33 bits per heavy atom. The second-order valence-electron chi connectivity index (χ2n) is 3.51. The number of nitrogens with two attached hydrogens (primary N) is 1. The third kappa shape index (κ3) is 3.45. The molecule has 1 aromatic rings. The quantitative estimate of drug-likeness (QED) is 0.806. The van der Waals surface area contributed by atoms with E-state index in [9.17, 15) is 0 Å². The Hall–Kier alpha value is -0.640. The summed E-state index contributed by atoms with van der Waals surface area (Å²) < 4.78 is 1.11. The van der Waals surface area contributed by atoms with Crippen LogP contribution in [0.5, 0.6) is 0 Å². The van der Waals surface area contributed by atoms with Crippen LogP contribution in [0.3, 0.4) is 0 Å². The van der Waals surface area contributed by atoms with Crippen molar-refractivity contribution < 1.29 is 0 Å². The lowest BCUT2D eigenvalue weighted by molar-refractivity contribution is 0.575. The number of benzene rings is 1. The molecule has 0 aliphatic heterocycles. The van der Waals surface area contributed by atoms with E-state index in [1.165, 1.54) is 11.1 Å². The zero-order valence-electron chi connectivity index (χ0n) is 8.96. The molecule has 15 heavy (non-hydrogen) atoms. The Morgan fingerprint density at radius 1 is 1.60 bits per heavy atom. The van der Waals surface area contributed by atoms with Gasteiger partial charge in [0.15, 0.2) is 0 Å². The molecule has 0 saturated carbocycles. The molecule has 0 radical (unpaired) electrons. The Kier molecular flexibility index (Phi) is 5.02. The fourth-order valence-corrected chi connectivity index (χ4v) is 2.23. The van der Waals surface area contributed by atoms with Gasteiger partial charge in [0.1, 0.15) is 0 Å². The lowest BCUT2D eigenvalue weighted by Gasteiger charge is -2.18. The van der Waals surface area contributed by atoms with Crippen molar-refractivity contribution >= 4 is 15.9 Å². The Labute approximate surface area is 99.7 Å². The molecule has 2 nitrogen and oxygen atoms in total. The molecule has 0 aromatic heterocycles. The van der Waals surface area contributed by atoms with Gasteiger partial charge in [0.05, 0.1) is 0 Å². The molecule has 0 heterocycles. The number of aryl methyl sites for hydroxylation is 1. The predicted octanol–water partition coefficient (Wildman–Crippen LogP) is 2.53. The topological polar surface area (TPSA) is 38.0 Å². The molecule has 0 aliphatic carbocycles. The molecule has 82 valence electrons. The van der Waals surface area contributed by atoms with E-state index in [0.29, 0.717) is 6.54 Å². The van der Waals surface area contributed by atoms with Crippen LogP contribution in [0, 0.1) is 6.92 Å². The summed E-state index contributed by atoms with van der Waals surface area (Å²) >= 11 is 3.56. The third-order valence-electron chi connectivity index (χ3n) is 2.28. The molecule has 3 heteroatoms. The normalized spacial score (nSPS) is 12.5. The second-order valence-corrected chi connectivity index (χ2v) is 4.36. The van der Waals surface area contributed by atoms with Gasteiger partial charge in [0.25, 0.3) is 0 Å². The van der Waals surface area contributed by atoms with E-state index in [0.717, 1.165) is 11.0 Å². The standard InChI is InChI=1S/C12H17BrN2/c1-3-6-15-12(8-14)10-5-4-9(2)7-11(10)13/h3-5,7,12,15H,1,6,8,14H2,2H3. The molecule has 3 N–H and O–H groups in total. The first-order valence-corrected chi connectivity index (χ1v) is 5.78. The summed E-state index contributed by atoms with van der Waals surface area (Å²) in [6, 6.07) is 6.48. The second kappa shape index (κ2) is 6.05. The van der Waals surface area contributed by atoms with Crippen LogP contribution in [0.2, 0.25) is 0 Å². The Bertz CT molecular complexity index is 336. The van der Waals surface area contributed by atoms with Crippen molar-refractivity contribution in [3.63, 3.8) is 0 Å². The molecular formula is C12H17BrN2. The van der Waals surface area contributed by atoms with Crippen molar-refractivity contribution in [2.45, 2.75) is 13.0 Å². The minimum Gasteiger partial charge on any atom is -0.329 e. The van der Waals surface area contributed by atoms with Crippen LogP contribution in [0.25, 0.3) is 0 Å². The van der Waals surface area contributed by atoms with Gasteiger partial charge in [-0.05, 0) is 24.1 Å². The summed E-state index contributed by atoms with van der Waals surface area (Å²) in [5, 5.41) is 3.32. The predicted molar refractivity (Wildman–Crippen MR) is 68.9 cm³/mol. The summed E-state index contributed by atoms with van der Waals surface area (Å²) in [6.07, 6.45) is 1.84. The molecule has 0 saturated heterocycles. The van der Waals surface area contributed by atoms with E-state index in [1.807, 2.05) is 6.08 Å². The molecular weight excluding hydrogens is 252 g/mol. The van der Waals surface area contributed by atoms with Gasteiger partial charge in [-0.2, -0.15) is 0 Å². The average molecular weight is 269 g/mol. The van der Waals surface area contributed by atoms with E-state index in [-0.39, 0.29) is 6.04 Å². The van der Waals surface area contributed by atoms with E-state index in [2.05, 4.69) is 52.9 Å². The summed E-state index contributed by atoms with van der Waals surface area (Å²) in [5.41, 5.74) is 8.17. The van der Waals surface area contributed by atoms with E-state index < -0.39 is 0 Å². The third-order valence-corrected chi connectivity index (χ3v) is 2.96. The molecule has 1 aromatic carbocycles. The maximum absolute atomic E-state index is 5.73. The highest BCUT2D eigenvalue weighted by atomic mass is 79.9. The summed E-state index contributed by atoms with van der Waals surface area (Å²) in [4.78, 5) is 0. The first kappa shape index (κ1) is 12.4. The fraction of sp³-hybridized carbons (Fsp3) is 0.333. The number of nitrogens with one attached hydrogen (secondary N) is 1. The Balaban J connectivity index is 2.86. The van der Waals surface area contributed by atoms with Gasteiger partial charge >= 0.3 is 0 Å². The number of rotatable bonds is 5. The van der Waals surface area contributed by atoms with E-state index in [1.54, 1.807) is 0 Å². The maximum Gasteiger partial charge on any atom is 0.0458 e. The van der Waals surface area contributed by atoms with Crippen molar-refractivity contribution in [2.75, 3.05) is 13.1 Å². The molecule has 1 rings (SSSR count). The highest BCUT2D eigenvalue weighted by Crippen LogP contribution is 2.23. The summed E-state index contributed by atoms with van der Waals surface area (Å²) in [6.45, 7) is 7.10. The molecule has 0 amide bonds. The number of hydrogen-bond acceptors (Lipinski definition) is 2. The van der Waals surface area contributed by atoms with Crippen molar-refractivity contribution in [2.24, 2.45) is 5.73 Å². The number of halogens is 1. The maximum atomic E-state index is 5.73. The van der Waals surface area contributed by atoms with Crippen molar-refractivity contribution in [3.8, 4) is 0 Å². The SMILES string of the molecule is C=CCNC(CN)c1ccc(C)cc1Br. The molecule has 0 spiro atoms. The van der Waals surface area contributed by atoms with Crippen LogP contribution in [0.1, 0.15) is 17.2 Å². The lowest BCUT2D eigenvalue weighted by atomic mass is 10.1. The molecule has 0 bridgehead atoms. The smallest absolute Gasteiger partial charge is 0.0458 e. The first-order chi connectivity index (χ1) is 7.19. The van der Waals surface area contributed by atoms with Gasteiger partial charge in [0, 0.05) is 23.6 Å². The summed E-state index contributed by atoms with van der Waals surface area (Å²) in [5.74, 6) is 0. The van der Waals surface area contributed by atoms with E-state index >= 15 is 0 Å². The van der Waals surface area contributed by atoms with E-state index in [4.69, 9.17) is 5.73 Å². The van der Waals surface area contributed by atoms with Gasteiger partial charge in [-0.15, -0.1) is 6.58 Å². The van der Waals surface area contributed by atoms with Crippen molar-refractivity contribution in [3.05, 3.63) is 46.5 Å². The zero-order chi connectivity index (χ0) is 11.3. The summed E-state index contributed by atoms with van der Waals surface area (Å²) in [7, 11) is 0. The monoisotopic (exact) mass is 268 g/mol. The molecule has 1 atom stereocenters.